The van der Waals surface area contributed by atoms with Gasteiger partial charge in [-0.1, -0.05) is 12.1 Å². The standard InChI is InChI=1S/C12H12FN3O/c1-14-11-6-12(17)16(15-7-11)8-9-2-4-10(13)5-3-9/h2-7,14H,8H2,1H3. The minimum absolute atomic E-state index is 0.193. The molecule has 5 heteroatoms. The molecule has 0 amide bonds. The highest BCUT2D eigenvalue weighted by Crippen LogP contribution is 2.04. The second-order valence-corrected chi connectivity index (χ2v) is 3.62. The van der Waals surface area contributed by atoms with Gasteiger partial charge in [0.05, 0.1) is 18.4 Å². The van der Waals surface area contributed by atoms with E-state index in [4.69, 9.17) is 0 Å². The number of benzene rings is 1. The van der Waals surface area contributed by atoms with Crippen molar-refractivity contribution in [2.45, 2.75) is 6.54 Å². The maximum Gasteiger partial charge on any atom is 0.269 e. The van der Waals surface area contributed by atoms with Crippen molar-refractivity contribution in [3.63, 3.8) is 0 Å². The number of anilines is 1. The molecule has 1 heterocycles. The predicted octanol–water partition coefficient (Wildman–Crippen LogP) is 1.47. The Morgan fingerprint density at radius 3 is 2.65 bits per heavy atom. The molecular weight excluding hydrogens is 221 g/mol. The summed E-state index contributed by atoms with van der Waals surface area (Å²) in [5.74, 6) is -0.292. The Bertz CT molecular complexity index is 563. The van der Waals surface area contributed by atoms with Gasteiger partial charge in [0.1, 0.15) is 5.82 Å². The lowest BCUT2D eigenvalue weighted by atomic mass is 10.2. The van der Waals surface area contributed by atoms with Gasteiger partial charge < -0.3 is 5.32 Å². The second kappa shape index (κ2) is 4.78. The first-order chi connectivity index (χ1) is 8.19. The Morgan fingerprint density at radius 1 is 1.35 bits per heavy atom. The zero-order chi connectivity index (χ0) is 12.3. The third-order valence-electron chi connectivity index (χ3n) is 2.40. The van der Waals surface area contributed by atoms with Gasteiger partial charge in [-0.3, -0.25) is 4.79 Å². The number of hydrogen-bond acceptors (Lipinski definition) is 3. The van der Waals surface area contributed by atoms with Gasteiger partial charge in [0, 0.05) is 13.1 Å². The molecule has 0 saturated carbocycles. The van der Waals surface area contributed by atoms with Crippen LogP contribution in [0.25, 0.3) is 0 Å². The van der Waals surface area contributed by atoms with Crippen molar-refractivity contribution in [1.29, 1.82) is 0 Å². The average molecular weight is 233 g/mol. The van der Waals surface area contributed by atoms with Crippen molar-refractivity contribution >= 4 is 5.69 Å². The maximum absolute atomic E-state index is 12.7. The Morgan fingerprint density at radius 2 is 2.06 bits per heavy atom. The van der Waals surface area contributed by atoms with Crippen LogP contribution in [0.3, 0.4) is 0 Å². The topological polar surface area (TPSA) is 46.9 Å². The van der Waals surface area contributed by atoms with Crippen LogP contribution >= 0.6 is 0 Å². The van der Waals surface area contributed by atoms with E-state index >= 15 is 0 Å². The Balaban J connectivity index is 2.24. The highest BCUT2D eigenvalue weighted by Gasteiger charge is 2.00. The molecule has 0 fully saturated rings. The van der Waals surface area contributed by atoms with Crippen LogP contribution in [0.5, 0.6) is 0 Å². The van der Waals surface area contributed by atoms with Crippen molar-refractivity contribution in [3.8, 4) is 0 Å². The van der Waals surface area contributed by atoms with E-state index in [0.717, 1.165) is 5.56 Å². The summed E-state index contributed by atoms with van der Waals surface area (Å²) in [5.41, 5.74) is 1.31. The van der Waals surface area contributed by atoms with E-state index in [-0.39, 0.29) is 11.4 Å². The molecular formula is C12H12FN3O. The molecule has 0 saturated heterocycles. The van der Waals surface area contributed by atoms with E-state index in [1.807, 2.05) is 0 Å². The molecule has 1 aromatic carbocycles. The molecule has 88 valence electrons. The predicted molar refractivity (Wildman–Crippen MR) is 63.5 cm³/mol. The van der Waals surface area contributed by atoms with Crippen LogP contribution < -0.4 is 10.9 Å². The number of rotatable bonds is 3. The van der Waals surface area contributed by atoms with Crippen molar-refractivity contribution in [3.05, 3.63) is 58.3 Å². The van der Waals surface area contributed by atoms with Gasteiger partial charge in [-0.05, 0) is 17.7 Å². The molecule has 2 rings (SSSR count). The lowest BCUT2D eigenvalue weighted by Crippen LogP contribution is -2.22. The lowest BCUT2D eigenvalue weighted by molar-refractivity contribution is 0.619. The third-order valence-corrected chi connectivity index (χ3v) is 2.40. The minimum atomic E-state index is -0.292. The van der Waals surface area contributed by atoms with Gasteiger partial charge in [-0.25, -0.2) is 9.07 Å². The fourth-order valence-electron chi connectivity index (χ4n) is 1.45. The monoisotopic (exact) mass is 233 g/mol. The largest absolute Gasteiger partial charge is 0.387 e. The number of halogens is 1. The first kappa shape index (κ1) is 11.3. The van der Waals surface area contributed by atoms with Crippen molar-refractivity contribution in [1.82, 2.24) is 9.78 Å². The summed E-state index contributed by atoms with van der Waals surface area (Å²) in [7, 11) is 1.72. The number of aromatic nitrogens is 2. The third kappa shape index (κ3) is 2.69. The normalized spacial score (nSPS) is 10.2. The van der Waals surface area contributed by atoms with Crippen LogP contribution in [0.4, 0.5) is 10.1 Å². The van der Waals surface area contributed by atoms with E-state index < -0.39 is 0 Å². The summed E-state index contributed by atoms with van der Waals surface area (Å²) >= 11 is 0. The molecule has 1 aromatic heterocycles. The molecule has 4 nitrogen and oxygen atoms in total. The zero-order valence-corrected chi connectivity index (χ0v) is 9.35. The molecule has 0 aliphatic rings. The molecule has 0 aliphatic carbocycles. The molecule has 0 aliphatic heterocycles. The van der Waals surface area contributed by atoms with Gasteiger partial charge in [0.15, 0.2) is 0 Å². The van der Waals surface area contributed by atoms with Gasteiger partial charge in [-0.15, -0.1) is 0 Å². The summed E-state index contributed by atoms with van der Waals surface area (Å²) in [4.78, 5) is 11.7. The van der Waals surface area contributed by atoms with E-state index in [9.17, 15) is 9.18 Å². The molecule has 17 heavy (non-hydrogen) atoms. The molecule has 0 atom stereocenters. The second-order valence-electron chi connectivity index (χ2n) is 3.62. The van der Waals surface area contributed by atoms with Crippen LogP contribution in [0, 0.1) is 5.82 Å². The van der Waals surface area contributed by atoms with Crippen LogP contribution in [-0.2, 0) is 6.54 Å². The Hall–Kier alpha value is -2.17. The molecule has 0 spiro atoms. The average Bonchev–Trinajstić information content (AvgIpc) is 2.34. The van der Waals surface area contributed by atoms with Gasteiger partial charge in [0.2, 0.25) is 0 Å². The van der Waals surface area contributed by atoms with Crippen molar-refractivity contribution in [2.75, 3.05) is 12.4 Å². The van der Waals surface area contributed by atoms with Crippen LogP contribution in [0.2, 0.25) is 0 Å². The summed E-state index contributed by atoms with van der Waals surface area (Å²) < 4.78 is 14.0. The summed E-state index contributed by atoms with van der Waals surface area (Å²) in [6.45, 7) is 0.336. The van der Waals surface area contributed by atoms with Crippen LogP contribution in [-0.4, -0.2) is 16.8 Å². The van der Waals surface area contributed by atoms with E-state index in [1.54, 1.807) is 25.4 Å². The molecule has 0 unspecified atom stereocenters. The molecule has 2 aromatic rings. The van der Waals surface area contributed by atoms with Crippen LogP contribution in [0.15, 0.2) is 41.3 Å². The quantitative estimate of drug-likeness (QED) is 0.873. The Labute approximate surface area is 97.7 Å². The van der Waals surface area contributed by atoms with Crippen LogP contribution in [0.1, 0.15) is 5.56 Å². The fraction of sp³-hybridized carbons (Fsp3) is 0.167. The van der Waals surface area contributed by atoms with E-state index in [2.05, 4.69) is 10.4 Å². The summed E-state index contributed by atoms with van der Waals surface area (Å²) in [5, 5.41) is 6.86. The molecule has 0 bridgehead atoms. The molecule has 1 N–H and O–H groups in total. The molecule has 0 radical (unpaired) electrons. The van der Waals surface area contributed by atoms with E-state index in [0.29, 0.717) is 12.2 Å². The summed E-state index contributed by atoms with van der Waals surface area (Å²) in [6.07, 6.45) is 1.57. The van der Waals surface area contributed by atoms with Crippen molar-refractivity contribution in [2.24, 2.45) is 0 Å². The highest BCUT2D eigenvalue weighted by molar-refractivity contribution is 5.37. The lowest BCUT2D eigenvalue weighted by Gasteiger charge is -2.05. The SMILES string of the molecule is CNc1cnn(Cc2ccc(F)cc2)c(=O)c1. The number of nitrogens with one attached hydrogen (secondary N) is 1. The fourth-order valence-corrected chi connectivity index (χ4v) is 1.45. The first-order valence-corrected chi connectivity index (χ1v) is 5.18. The summed E-state index contributed by atoms with van der Waals surface area (Å²) in [6, 6.07) is 7.46. The maximum atomic E-state index is 12.7. The van der Waals surface area contributed by atoms with E-state index in [1.165, 1.54) is 22.9 Å². The van der Waals surface area contributed by atoms with Gasteiger partial charge in [0.25, 0.3) is 5.56 Å². The number of nitrogens with zero attached hydrogens (tertiary/aromatic N) is 2. The highest BCUT2D eigenvalue weighted by atomic mass is 19.1. The Kier molecular flexibility index (Phi) is 3.18. The first-order valence-electron chi connectivity index (χ1n) is 5.18. The van der Waals surface area contributed by atoms with Gasteiger partial charge in [-0.2, -0.15) is 5.10 Å². The number of hydrogen-bond donors (Lipinski definition) is 1. The van der Waals surface area contributed by atoms with Crippen molar-refractivity contribution < 1.29 is 4.39 Å². The zero-order valence-electron chi connectivity index (χ0n) is 9.35. The minimum Gasteiger partial charge on any atom is -0.387 e. The van der Waals surface area contributed by atoms with Gasteiger partial charge >= 0.3 is 0 Å². The smallest absolute Gasteiger partial charge is 0.269 e.